The zero-order chi connectivity index (χ0) is 19.3. The average molecular weight is 506 g/mol. The molecule has 0 radical (unpaired) electrons. The van der Waals surface area contributed by atoms with Gasteiger partial charge in [0.15, 0.2) is 5.96 Å². The molecule has 0 aromatic heterocycles. The maximum Gasteiger partial charge on any atom is 0.253 e. The van der Waals surface area contributed by atoms with Crippen molar-refractivity contribution in [1.29, 1.82) is 0 Å². The van der Waals surface area contributed by atoms with Crippen LogP contribution in [0.3, 0.4) is 0 Å². The molecule has 154 valence electrons. The second kappa shape index (κ2) is 10.1. The number of para-hydroxylation sites is 1. The van der Waals surface area contributed by atoms with Crippen LogP contribution in [0.1, 0.15) is 24.0 Å². The normalized spacial score (nSPS) is 18.2. The molecule has 6 nitrogen and oxygen atoms in total. The van der Waals surface area contributed by atoms with Gasteiger partial charge in [-0.15, -0.1) is 24.0 Å². The quantitative estimate of drug-likeness (QED) is 0.378. The first-order chi connectivity index (χ1) is 13.7. The monoisotopic (exact) mass is 506 g/mol. The van der Waals surface area contributed by atoms with Crippen molar-refractivity contribution in [2.75, 3.05) is 30.4 Å². The number of hydrogen-bond acceptors (Lipinski definition) is 3. The molecule has 2 aliphatic heterocycles. The number of anilines is 2. The fourth-order valence-electron chi connectivity index (χ4n) is 3.80. The Kier molecular flexibility index (Phi) is 7.49. The Morgan fingerprint density at radius 3 is 2.90 bits per heavy atom. The van der Waals surface area contributed by atoms with E-state index in [0.29, 0.717) is 13.2 Å². The largest absolute Gasteiger partial charge is 0.368 e. The third kappa shape index (κ3) is 5.08. The van der Waals surface area contributed by atoms with Gasteiger partial charge in [0, 0.05) is 38.1 Å². The fraction of sp³-hybridized carbons (Fsp3) is 0.364. The van der Waals surface area contributed by atoms with Gasteiger partial charge in [-0.25, -0.2) is 0 Å². The molecular weight excluding hydrogens is 479 g/mol. The molecule has 1 saturated heterocycles. The minimum absolute atomic E-state index is 0. The van der Waals surface area contributed by atoms with Gasteiger partial charge < -0.3 is 20.3 Å². The molecule has 2 N–H and O–H groups in total. The molecule has 2 aromatic rings. The number of guanidine groups is 1. The summed E-state index contributed by atoms with van der Waals surface area (Å²) in [6.45, 7) is 2.23. The number of rotatable bonds is 4. The third-order valence-electron chi connectivity index (χ3n) is 5.22. The summed E-state index contributed by atoms with van der Waals surface area (Å²) >= 11 is 0. The minimum Gasteiger partial charge on any atom is -0.368 e. The van der Waals surface area contributed by atoms with Crippen LogP contribution in [0.2, 0.25) is 0 Å². The number of hydrogen-bond donors (Lipinski definition) is 2. The van der Waals surface area contributed by atoms with Crippen LogP contribution in [0.25, 0.3) is 0 Å². The van der Waals surface area contributed by atoms with Crippen molar-refractivity contribution in [2.24, 2.45) is 4.99 Å². The molecule has 2 aromatic carbocycles. The Morgan fingerprint density at radius 1 is 1.24 bits per heavy atom. The summed E-state index contributed by atoms with van der Waals surface area (Å²) in [4.78, 5) is 18.9. The molecule has 1 atom stereocenters. The second-order valence-corrected chi connectivity index (χ2v) is 7.12. The second-order valence-electron chi connectivity index (χ2n) is 7.12. The highest BCUT2D eigenvalue weighted by atomic mass is 127. The van der Waals surface area contributed by atoms with Crippen LogP contribution in [0, 0.1) is 0 Å². The summed E-state index contributed by atoms with van der Waals surface area (Å²) in [7, 11) is 1.81. The molecule has 0 spiro atoms. The molecule has 7 heteroatoms. The predicted octanol–water partition coefficient (Wildman–Crippen LogP) is 3.56. The molecule has 0 bridgehead atoms. The topological polar surface area (TPSA) is 66.0 Å². The number of fused-ring (bicyclic) bond motifs is 1. The summed E-state index contributed by atoms with van der Waals surface area (Å²) in [5, 5.41) is 6.40. The first-order valence-corrected chi connectivity index (χ1v) is 9.82. The zero-order valence-corrected chi connectivity index (χ0v) is 18.9. The van der Waals surface area contributed by atoms with E-state index in [1.54, 1.807) is 0 Å². The average Bonchev–Trinajstić information content (AvgIpc) is 3.39. The Labute approximate surface area is 188 Å². The van der Waals surface area contributed by atoms with Crippen molar-refractivity contribution in [1.82, 2.24) is 5.32 Å². The van der Waals surface area contributed by atoms with Crippen molar-refractivity contribution >= 4 is 47.2 Å². The number of carbonyl (C=O) groups is 1. The molecular formula is C22H27IN4O2. The van der Waals surface area contributed by atoms with E-state index in [1.165, 1.54) is 11.3 Å². The highest BCUT2D eigenvalue weighted by molar-refractivity contribution is 14.0. The number of ether oxygens (including phenoxy) is 1. The molecule has 1 amide bonds. The molecule has 4 rings (SSSR count). The van der Waals surface area contributed by atoms with Crippen LogP contribution in [0.5, 0.6) is 0 Å². The number of amides is 1. The SMILES string of the molecule is CN=C(NCc1cccc(NC(=O)C2CCCO2)c1)N1CCc2ccccc21.I. The Bertz CT molecular complexity index is 881. The summed E-state index contributed by atoms with van der Waals surface area (Å²) in [6, 6.07) is 16.3. The number of benzene rings is 2. The van der Waals surface area contributed by atoms with Gasteiger partial charge in [-0.05, 0) is 48.6 Å². The maximum absolute atomic E-state index is 12.3. The molecule has 29 heavy (non-hydrogen) atoms. The van der Waals surface area contributed by atoms with E-state index in [4.69, 9.17) is 4.74 Å². The molecule has 0 aliphatic carbocycles. The van der Waals surface area contributed by atoms with E-state index >= 15 is 0 Å². The summed E-state index contributed by atoms with van der Waals surface area (Å²) in [6.07, 6.45) is 2.44. The molecule has 1 unspecified atom stereocenters. The first-order valence-electron chi connectivity index (χ1n) is 9.82. The van der Waals surface area contributed by atoms with Crippen molar-refractivity contribution in [3.05, 3.63) is 59.7 Å². The lowest BCUT2D eigenvalue weighted by atomic mass is 10.2. The lowest BCUT2D eigenvalue weighted by Crippen LogP contribution is -2.40. The van der Waals surface area contributed by atoms with Crippen LogP contribution < -0.4 is 15.5 Å². The molecule has 1 fully saturated rings. The molecule has 2 heterocycles. The van der Waals surface area contributed by atoms with Crippen LogP contribution in [0.15, 0.2) is 53.5 Å². The Hall–Kier alpha value is -2.13. The highest BCUT2D eigenvalue weighted by Gasteiger charge is 2.24. The van der Waals surface area contributed by atoms with Gasteiger partial charge in [-0.3, -0.25) is 9.79 Å². The third-order valence-corrected chi connectivity index (χ3v) is 5.22. The van der Waals surface area contributed by atoms with Gasteiger partial charge in [0.05, 0.1) is 0 Å². The van der Waals surface area contributed by atoms with E-state index in [-0.39, 0.29) is 36.0 Å². The van der Waals surface area contributed by atoms with Crippen LogP contribution >= 0.6 is 24.0 Å². The molecule has 0 saturated carbocycles. The summed E-state index contributed by atoms with van der Waals surface area (Å²) < 4.78 is 5.45. The lowest BCUT2D eigenvalue weighted by molar-refractivity contribution is -0.124. The van der Waals surface area contributed by atoms with Gasteiger partial charge in [-0.2, -0.15) is 0 Å². The van der Waals surface area contributed by atoms with Gasteiger partial charge in [0.2, 0.25) is 0 Å². The summed E-state index contributed by atoms with van der Waals surface area (Å²) in [5.41, 5.74) is 4.44. The van der Waals surface area contributed by atoms with Gasteiger partial charge in [-0.1, -0.05) is 30.3 Å². The lowest BCUT2D eigenvalue weighted by Gasteiger charge is -2.22. The predicted molar refractivity (Wildman–Crippen MR) is 127 cm³/mol. The van der Waals surface area contributed by atoms with Crippen LogP contribution in [0.4, 0.5) is 11.4 Å². The van der Waals surface area contributed by atoms with Crippen molar-refractivity contribution < 1.29 is 9.53 Å². The fourth-order valence-corrected chi connectivity index (χ4v) is 3.80. The first kappa shape index (κ1) is 21.6. The van der Waals surface area contributed by atoms with Gasteiger partial charge >= 0.3 is 0 Å². The van der Waals surface area contributed by atoms with E-state index in [1.807, 2.05) is 31.3 Å². The number of carbonyl (C=O) groups excluding carboxylic acids is 1. The Balaban J connectivity index is 0.00000240. The van der Waals surface area contributed by atoms with E-state index in [2.05, 4.69) is 44.8 Å². The maximum atomic E-state index is 12.3. The number of nitrogens with one attached hydrogen (secondary N) is 2. The standard InChI is InChI=1S/C22H26N4O2.HI/c1-23-22(26-12-11-17-7-2-3-9-19(17)26)24-15-16-6-4-8-18(14-16)25-21(27)20-10-5-13-28-20;/h2-4,6-9,14,20H,5,10-13,15H2,1H3,(H,23,24)(H,25,27);1H. The van der Waals surface area contributed by atoms with Crippen LogP contribution in [-0.4, -0.2) is 38.2 Å². The zero-order valence-electron chi connectivity index (χ0n) is 16.6. The smallest absolute Gasteiger partial charge is 0.253 e. The highest BCUT2D eigenvalue weighted by Crippen LogP contribution is 2.27. The molecule has 2 aliphatic rings. The van der Waals surface area contributed by atoms with Gasteiger partial charge in [0.25, 0.3) is 5.91 Å². The number of nitrogens with zero attached hydrogens (tertiary/aromatic N) is 2. The van der Waals surface area contributed by atoms with E-state index < -0.39 is 0 Å². The van der Waals surface area contributed by atoms with E-state index in [0.717, 1.165) is 43.0 Å². The minimum atomic E-state index is -0.323. The number of halogens is 1. The van der Waals surface area contributed by atoms with Crippen molar-refractivity contribution in [2.45, 2.75) is 31.9 Å². The van der Waals surface area contributed by atoms with Crippen LogP contribution in [-0.2, 0) is 22.5 Å². The number of aliphatic imine (C=N–C) groups is 1. The summed E-state index contributed by atoms with van der Waals surface area (Å²) in [5.74, 6) is 0.797. The van der Waals surface area contributed by atoms with Gasteiger partial charge in [0.1, 0.15) is 6.10 Å². The van der Waals surface area contributed by atoms with Crippen molar-refractivity contribution in [3.63, 3.8) is 0 Å². The Morgan fingerprint density at radius 2 is 2.10 bits per heavy atom. The van der Waals surface area contributed by atoms with Crippen molar-refractivity contribution in [3.8, 4) is 0 Å². The van der Waals surface area contributed by atoms with E-state index in [9.17, 15) is 4.79 Å².